The molecule has 0 atom stereocenters. The molecule has 3 aromatic rings. The zero-order chi connectivity index (χ0) is 20.1. The third kappa shape index (κ3) is 4.55. The Morgan fingerprint density at radius 3 is 2.54 bits per heavy atom. The van der Waals surface area contributed by atoms with Gasteiger partial charge >= 0.3 is 5.97 Å². The molecule has 28 heavy (non-hydrogen) atoms. The summed E-state index contributed by atoms with van der Waals surface area (Å²) in [6.07, 6.45) is 0. The van der Waals surface area contributed by atoms with Gasteiger partial charge in [0.2, 0.25) is 0 Å². The summed E-state index contributed by atoms with van der Waals surface area (Å²) >= 11 is 2.46. The van der Waals surface area contributed by atoms with Crippen LogP contribution in [0.15, 0.2) is 29.6 Å². The topological polar surface area (TPSA) is 90.4 Å². The largest absolute Gasteiger partial charge is 0.494 e. The van der Waals surface area contributed by atoms with Crippen molar-refractivity contribution in [2.45, 2.75) is 20.8 Å². The molecule has 3 rings (SSSR count). The number of thiazole rings is 2. The molecule has 1 N–H and O–H groups in total. The zero-order valence-electron chi connectivity index (χ0n) is 15.6. The lowest BCUT2D eigenvalue weighted by atomic mass is 10.2. The molecule has 0 aliphatic carbocycles. The van der Waals surface area contributed by atoms with E-state index in [0.29, 0.717) is 28.0 Å². The maximum atomic E-state index is 12.5. The molecule has 1 aromatic carbocycles. The van der Waals surface area contributed by atoms with Gasteiger partial charge in [0.05, 0.1) is 18.9 Å². The molecule has 7 nitrogen and oxygen atoms in total. The van der Waals surface area contributed by atoms with Crippen molar-refractivity contribution in [3.8, 4) is 16.3 Å². The van der Waals surface area contributed by atoms with Crippen LogP contribution < -0.4 is 10.1 Å². The summed E-state index contributed by atoms with van der Waals surface area (Å²) in [4.78, 5) is 33.3. The highest BCUT2D eigenvalue weighted by atomic mass is 32.1. The number of nitrogens with one attached hydrogen (secondary N) is 1. The van der Waals surface area contributed by atoms with E-state index >= 15 is 0 Å². The average molecular weight is 418 g/mol. The standard InChI is InChI=1S/C19H19N3O4S2/c1-4-25-13-8-6-12(7-9-13)17-21-14(10-27-17)16(23)22-19-20-11(3)15(28-19)18(24)26-5-2/h6-10H,4-5H2,1-3H3,(H,20,22,23). The highest BCUT2D eigenvalue weighted by Crippen LogP contribution is 2.27. The molecule has 0 saturated heterocycles. The number of esters is 1. The van der Waals surface area contributed by atoms with E-state index in [1.807, 2.05) is 31.2 Å². The summed E-state index contributed by atoms with van der Waals surface area (Å²) in [5.41, 5.74) is 1.72. The number of anilines is 1. The van der Waals surface area contributed by atoms with Crippen LogP contribution in [0, 0.1) is 6.92 Å². The molecule has 2 heterocycles. The second-order valence-electron chi connectivity index (χ2n) is 5.60. The predicted molar refractivity (Wildman–Crippen MR) is 109 cm³/mol. The van der Waals surface area contributed by atoms with Crippen LogP contribution in [0.1, 0.15) is 39.7 Å². The second kappa shape index (κ2) is 8.94. The Morgan fingerprint density at radius 1 is 1.11 bits per heavy atom. The lowest BCUT2D eigenvalue weighted by Gasteiger charge is -2.03. The number of hydrogen-bond donors (Lipinski definition) is 1. The van der Waals surface area contributed by atoms with Gasteiger partial charge in [-0.1, -0.05) is 11.3 Å². The molecule has 0 aliphatic heterocycles. The smallest absolute Gasteiger partial charge is 0.350 e. The van der Waals surface area contributed by atoms with Crippen LogP contribution in [0.4, 0.5) is 5.13 Å². The molecule has 9 heteroatoms. The summed E-state index contributed by atoms with van der Waals surface area (Å²) < 4.78 is 10.4. The minimum absolute atomic E-state index is 0.283. The maximum absolute atomic E-state index is 12.5. The van der Waals surface area contributed by atoms with Gasteiger partial charge in [0.25, 0.3) is 5.91 Å². The molecular formula is C19H19N3O4S2. The fourth-order valence-electron chi connectivity index (χ4n) is 2.37. The molecule has 0 radical (unpaired) electrons. The van der Waals surface area contributed by atoms with Gasteiger partial charge in [-0.05, 0) is 45.0 Å². The van der Waals surface area contributed by atoms with Gasteiger partial charge in [-0.15, -0.1) is 11.3 Å². The molecule has 1 amide bonds. The number of carbonyl (C=O) groups excluding carboxylic acids is 2. The number of benzene rings is 1. The summed E-state index contributed by atoms with van der Waals surface area (Å²) in [6.45, 7) is 6.26. The number of amides is 1. The highest BCUT2D eigenvalue weighted by Gasteiger charge is 2.19. The fraction of sp³-hybridized carbons (Fsp3) is 0.263. The number of aryl methyl sites for hydroxylation is 1. The van der Waals surface area contributed by atoms with E-state index in [4.69, 9.17) is 9.47 Å². The summed E-state index contributed by atoms with van der Waals surface area (Å²) in [6, 6.07) is 7.55. The Balaban J connectivity index is 1.71. The summed E-state index contributed by atoms with van der Waals surface area (Å²) in [5, 5.41) is 5.45. The summed E-state index contributed by atoms with van der Waals surface area (Å²) in [5.74, 6) is -0.0284. The lowest BCUT2D eigenvalue weighted by Crippen LogP contribution is -2.12. The van der Waals surface area contributed by atoms with Crippen molar-refractivity contribution in [1.82, 2.24) is 9.97 Å². The van der Waals surface area contributed by atoms with E-state index in [1.54, 1.807) is 19.2 Å². The number of aromatic nitrogens is 2. The van der Waals surface area contributed by atoms with Crippen molar-refractivity contribution >= 4 is 39.7 Å². The van der Waals surface area contributed by atoms with Gasteiger partial charge in [0.15, 0.2) is 5.13 Å². The van der Waals surface area contributed by atoms with E-state index in [0.717, 1.165) is 27.7 Å². The molecule has 0 saturated carbocycles. The van der Waals surface area contributed by atoms with E-state index in [9.17, 15) is 9.59 Å². The Kier molecular flexibility index (Phi) is 6.37. The predicted octanol–water partition coefficient (Wildman–Crippen LogP) is 4.40. The number of rotatable bonds is 7. The van der Waals surface area contributed by atoms with Crippen LogP contribution >= 0.6 is 22.7 Å². The molecule has 2 aromatic heterocycles. The van der Waals surface area contributed by atoms with Crippen LogP contribution in [-0.4, -0.2) is 35.1 Å². The minimum Gasteiger partial charge on any atom is -0.494 e. The van der Waals surface area contributed by atoms with E-state index in [2.05, 4.69) is 15.3 Å². The van der Waals surface area contributed by atoms with Gasteiger partial charge in [-0.25, -0.2) is 14.8 Å². The Morgan fingerprint density at radius 2 is 1.86 bits per heavy atom. The van der Waals surface area contributed by atoms with Crippen LogP contribution in [0.5, 0.6) is 5.75 Å². The first-order chi connectivity index (χ1) is 13.5. The number of carbonyl (C=O) groups is 2. The molecule has 146 valence electrons. The molecular weight excluding hydrogens is 398 g/mol. The second-order valence-corrected chi connectivity index (χ2v) is 7.46. The summed E-state index contributed by atoms with van der Waals surface area (Å²) in [7, 11) is 0. The molecule has 0 spiro atoms. The normalized spacial score (nSPS) is 10.5. The van der Waals surface area contributed by atoms with Gasteiger partial charge in [-0.3, -0.25) is 10.1 Å². The Bertz CT molecular complexity index is 979. The van der Waals surface area contributed by atoms with Gasteiger partial charge in [-0.2, -0.15) is 0 Å². The van der Waals surface area contributed by atoms with Crippen molar-refractivity contribution in [3.63, 3.8) is 0 Å². The first-order valence-corrected chi connectivity index (χ1v) is 10.4. The SMILES string of the molecule is CCOC(=O)c1sc(NC(=O)c2csc(-c3ccc(OCC)cc3)n2)nc1C. The van der Waals surface area contributed by atoms with Crippen LogP contribution in [0.3, 0.4) is 0 Å². The first kappa shape index (κ1) is 20.0. The van der Waals surface area contributed by atoms with Crippen LogP contribution in [0.25, 0.3) is 10.6 Å². The highest BCUT2D eigenvalue weighted by molar-refractivity contribution is 7.17. The molecule has 0 fully saturated rings. The molecule has 0 bridgehead atoms. The van der Waals surface area contributed by atoms with Crippen molar-refractivity contribution in [3.05, 3.63) is 45.9 Å². The van der Waals surface area contributed by atoms with Crippen molar-refractivity contribution < 1.29 is 19.1 Å². The third-order valence-electron chi connectivity index (χ3n) is 3.63. The Hall–Kier alpha value is -2.78. The van der Waals surface area contributed by atoms with E-state index < -0.39 is 5.97 Å². The van der Waals surface area contributed by atoms with Gasteiger partial charge in [0.1, 0.15) is 21.3 Å². The maximum Gasteiger partial charge on any atom is 0.350 e. The van der Waals surface area contributed by atoms with Crippen LogP contribution in [0.2, 0.25) is 0 Å². The van der Waals surface area contributed by atoms with Crippen molar-refractivity contribution in [2.24, 2.45) is 0 Å². The number of ether oxygens (including phenoxy) is 2. The quantitative estimate of drug-likeness (QED) is 0.573. The lowest BCUT2D eigenvalue weighted by molar-refractivity contribution is 0.0531. The van der Waals surface area contributed by atoms with Gasteiger partial charge < -0.3 is 9.47 Å². The average Bonchev–Trinajstić information content (AvgIpc) is 3.30. The van der Waals surface area contributed by atoms with Crippen molar-refractivity contribution in [2.75, 3.05) is 18.5 Å². The van der Waals surface area contributed by atoms with E-state index in [-0.39, 0.29) is 12.5 Å². The van der Waals surface area contributed by atoms with Gasteiger partial charge in [0, 0.05) is 10.9 Å². The zero-order valence-corrected chi connectivity index (χ0v) is 17.3. The number of nitrogens with zero attached hydrogens (tertiary/aromatic N) is 2. The monoisotopic (exact) mass is 417 g/mol. The fourth-order valence-corrected chi connectivity index (χ4v) is 4.03. The van der Waals surface area contributed by atoms with E-state index in [1.165, 1.54) is 11.3 Å². The minimum atomic E-state index is -0.440. The van der Waals surface area contributed by atoms with Crippen LogP contribution in [-0.2, 0) is 4.74 Å². The number of hydrogen-bond acceptors (Lipinski definition) is 8. The molecule has 0 aliphatic rings. The molecule has 0 unspecified atom stereocenters. The third-order valence-corrected chi connectivity index (χ3v) is 5.57. The first-order valence-electron chi connectivity index (χ1n) is 8.66. The van der Waals surface area contributed by atoms with Crippen molar-refractivity contribution in [1.29, 1.82) is 0 Å². The Labute approximate surface area is 170 Å².